The second-order valence-corrected chi connectivity index (χ2v) is 8.26. The Balaban J connectivity index is 2.14. The molecule has 20 heavy (non-hydrogen) atoms. The highest BCUT2D eigenvalue weighted by atomic mass is 79.9. The van der Waals surface area contributed by atoms with Crippen LogP contribution in [0.4, 0.5) is 5.13 Å². The molecule has 0 bridgehead atoms. The normalized spacial score (nSPS) is 12.6. The van der Waals surface area contributed by atoms with Crippen molar-refractivity contribution in [3.8, 4) is 0 Å². The highest BCUT2D eigenvalue weighted by Crippen LogP contribution is 2.34. The molecule has 7 heteroatoms. The quantitative estimate of drug-likeness (QED) is 0.552. The van der Waals surface area contributed by atoms with Crippen molar-refractivity contribution < 1.29 is 4.79 Å². The number of hydrogen-bond acceptors (Lipinski definition) is 3. The average molecular weight is 485 g/mol. The fourth-order valence-electron chi connectivity index (χ4n) is 1.71. The summed E-state index contributed by atoms with van der Waals surface area (Å²) in [6, 6.07) is 3.94. The van der Waals surface area contributed by atoms with Crippen molar-refractivity contribution in [3.05, 3.63) is 21.1 Å². The van der Waals surface area contributed by atoms with Gasteiger partial charge in [-0.15, -0.1) is 0 Å². The summed E-state index contributed by atoms with van der Waals surface area (Å²) in [5.41, 5.74) is 0.869. The van der Waals surface area contributed by atoms with Gasteiger partial charge < -0.3 is 5.32 Å². The molecule has 0 aliphatic carbocycles. The number of fused-ring (bicyclic) bond motifs is 1. The van der Waals surface area contributed by atoms with E-state index in [9.17, 15) is 4.79 Å². The second-order valence-electron chi connectivity index (χ2n) is 4.35. The van der Waals surface area contributed by atoms with E-state index in [1.165, 1.54) is 11.3 Å². The number of carbonyl (C=O) groups is 1. The van der Waals surface area contributed by atoms with Gasteiger partial charge in [0.05, 0.1) is 15.0 Å². The fraction of sp³-hybridized carbons (Fsp3) is 0.385. The third-order valence-corrected chi connectivity index (χ3v) is 5.59. The summed E-state index contributed by atoms with van der Waals surface area (Å²) in [5, 5.41) is 3.50. The summed E-state index contributed by atoms with van der Waals surface area (Å²) < 4.78 is 2.93. The van der Waals surface area contributed by atoms with E-state index in [2.05, 4.69) is 65.0 Å². The Morgan fingerprint density at radius 2 is 2.20 bits per heavy atom. The number of hydrogen-bond donors (Lipinski definition) is 1. The van der Waals surface area contributed by atoms with Crippen LogP contribution >= 0.6 is 59.1 Å². The average Bonchev–Trinajstić information content (AvgIpc) is 2.78. The summed E-state index contributed by atoms with van der Waals surface area (Å²) in [5.74, 6) is -0.0345. The Morgan fingerprint density at radius 1 is 1.45 bits per heavy atom. The third-order valence-electron chi connectivity index (χ3n) is 2.74. The van der Waals surface area contributed by atoms with Crippen molar-refractivity contribution >= 4 is 80.4 Å². The third kappa shape index (κ3) is 4.02. The van der Waals surface area contributed by atoms with E-state index in [4.69, 9.17) is 0 Å². The molecule has 0 spiro atoms. The van der Waals surface area contributed by atoms with Gasteiger partial charge >= 0.3 is 0 Å². The van der Waals surface area contributed by atoms with Crippen LogP contribution in [-0.2, 0) is 4.79 Å². The lowest BCUT2D eigenvalue weighted by molar-refractivity contribution is -0.115. The van der Waals surface area contributed by atoms with Crippen molar-refractivity contribution in [1.82, 2.24) is 4.98 Å². The van der Waals surface area contributed by atoms with Crippen LogP contribution in [0.1, 0.15) is 26.2 Å². The Labute approximate surface area is 146 Å². The molecule has 0 aliphatic rings. The van der Waals surface area contributed by atoms with Gasteiger partial charge in [0.1, 0.15) is 0 Å². The Hall–Kier alpha value is 0.0200. The molecule has 1 aromatic heterocycles. The molecule has 108 valence electrons. The van der Waals surface area contributed by atoms with E-state index in [0.29, 0.717) is 5.13 Å². The highest BCUT2D eigenvalue weighted by Gasteiger charge is 2.16. The maximum absolute atomic E-state index is 12.0. The van der Waals surface area contributed by atoms with Crippen molar-refractivity contribution in [2.75, 3.05) is 5.32 Å². The minimum absolute atomic E-state index is 0.0345. The van der Waals surface area contributed by atoms with Crippen LogP contribution in [-0.4, -0.2) is 15.7 Å². The Bertz CT molecular complexity index is 629. The van der Waals surface area contributed by atoms with Gasteiger partial charge in [-0.2, -0.15) is 0 Å². The summed E-state index contributed by atoms with van der Waals surface area (Å²) in [4.78, 5) is 16.3. The monoisotopic (exact) mass is 482 g/mol. The van der Waals surface area contributed by atoms with Crippen molar-refractivity contribution in [2.45, 2.75) is 31.0 Å². The second kappa shape index (κ2) is 7.33. The first-order chi connectivity index (χ1) is 9.51. The van der Waals surface area contributed by atoms with Gasteiger partial charge in [-0.1, -0.05) is 63.0 Å². The number of halogens is 3. The van der Waals surface area contributed by atoms with Crippen LogP contribution in [0.2, 0.25) is 0 Å². The predicted octanol–water partition coefficient (Wildman–Crippen LogP) is 5.71. The standard InChI is InChI=1S/C13H13Br3N2OS/c1-2-3-4-8(15)12(19)18-13-17-11-9(16)5-7(14)6-10(11)20-13/h5-6,8H,2-4H2,1H3,(H,17,18,19)/t8-/m0/s1. The number of alkyl halides is 1. The summed E-state index contributed by atoms with van der Waals surface area (Å²) in [7, 11) is 0. The van der Waals surface area contributed by atoms with Gasteiger partial charge in [-0.05, 0) is 34.5 Å². The highest BCUT2D eigenvalue weighted by molar-refractivity contribution is 9.11. The van der Waals surface area contributed by atoms with Crippen LogP contribution in [0.15, 0.2) is 21.1 Å². The molecule has 1 aromatic carbocycles. The number of anilines is 1. The lowest BCUT2D eigenvalue weighted by Crippen LogP contribution is -2.22. The van der Waals surface area contributed by atoms with Crippen LogP contribution in [0, 0.1) is 0 Å². The van der Waals surface area contributed by atoms with E-state index in [-0.39, 0.29) is 10.7 Å². The Morgan fingerprint density at radius 3 is 2.90 bits per heavy atom. The molecule has 0 fully saturated rings. The minimum atomic E-state index is -0.162. The molecular formula is C13H13Br3N2OS. The van der Waals surface area contributed by atoms with Gasteiger partial charge in [-0.25, -0.2) is 4.98 Å². The van der Waals surface area contributed by atoms with E-state index in [1.807, 2.05) is 12.1 Å². The zero-order valence-corrected chi connectivity index (χ0v) is 16.3. The zero-order chi connectivity index (χ0) is 14.7. The largest absolute Gasteiger partial charge is 0.301 e. The van der Waals surface area contributed by atoms with E-state index >= 15 is 0 Å². The van der Waals surface area contributed by atoms with Crippen molar-refractivity contribution in [3.63, 3.8) is 0 Å². The van der Waals surface area contributed by atoms with Crippen molar-refractivity contribution in [1.29, 1.82) is 0 Å². The molecule has 1 atom stereocenters. The van der Waals surface area contributed by atoms with E-state index in [0.717, 1.165) is 38.4 Å². The fourth-order valence-corrected chi connectivity index (χ4v) is 4.68. The molecule has 0 saturated carbocycles. The zero-order valence-electron chi connectivity index (χ0n) is 10.8. The molecule has 2 rings (SSSR count). The molecule has 3 nitrogen and oxygen atoms in total. The van der Waals surface area contributed by atoms with Gasteiger partial charge in [0.25, 0.3) is 0 Å². The number of aromatic nitrogens is 1. The number of thiazole rings is 1. The van der Waals surface area contributed by atoms with Gasteiger partial charge in [0.2, 0.25) is 5.91 Å². The molecule has 1 heterocycles. The number of amides is 1. The maximum Gasteiger partial charge on any atom is 0.239 e. The molecule has 0 unspecified atom stereocenters. The molecule has 0 saturated heterocycles. The van der Waals surface area contributed by atoms with Crippen LogP contribution in [0.5, 0.6) is 0 Å². The molecule has 1 N–H and O–H groups in total. The molecule has 1 amide bonds. The Kier molecular flexibility index (Phi) is 6.01. The first-order valence-corrected chi connectivity index (χ1v) is 9.53. The summed E-state index contributed by atoms with van der Waals surface area (Å²) >= 11 is 11.8. The molecule has 0 aliphatic heterocycles. The van der Waals surface area contributed by atoms with Gasteiger partial charge in [0, 0.05) is 8.95 Å². The SMILES string of the molecule is CCCC[C@H](Br)C(=O)Nc1nc2c(Br)cc(Br)cc2s1. The maximum atomic E-state index is 12.0. The number of unbranched alkanes of at least 4 members (excludes halogenated alkanes) is 1. The molecular weight excluding hydrogens is 472 g/mol. The number of rotatable bonds is 5. The number of benzene rings is 1. The van der Waals surface area contributed by atoms with Crippen LogP contribution in [0.3, 0.4) is 0 Å². The summed E-state index contributed by atoms with van der Waals surface area (Å²) in [6.07, 6.45) is 2.95. The van der Waals surface area contributed by atoms with E-state index in [1.54, 1.807) is 0 Å². The van der Waals surface area contributed by atoms with Crippen LogP contribution < -0.4 is 5.32 Å². The lowest BCUT2D eigenvalue weighted by Gasteiger charge is -2.07. The molecule has 0 radical (unpaired) electrons. The minimum Gasteiger partial charge on any atom is -0.301 e. The first kappa shape index (κ1) is 16.4. The first-order valence-electron chi connectivity index (χ1n) is 6.21. The number of carbonyl (C=O) groups excluding carboxylic acids is 1. The lowest BCUT2D eigenvalue weighted by atomic mass is 10.2. The van der Waals surface area contributed by atoms with Gasteiger partial charge in [-0.3, -0.25) is 4.79 Å². The number of nitrogens with one attached hydrogen (secondary N) is 1. The summed E-state index contributed by atoms with van der Waals surface area (Å²) in [6.45, 7) is 2.11. The molecule has 2 aromatic rings. The smallest absolute Gasteiger partial charge is 0.239 e. The van der Waals surface area contributed by atoms with Crippen LogP contribution in [0.25, 0.3) is 10.2 Å². The topological polar surface area (TPSA) is 42.0 Å². The van der Waals surface area contributed by atoms with E-state index < -0.39 is 0 Å². The van der Waals surface area contributed by atoms with Crippen molar-refractivity contribution in [2.24, 2.45) is 0 Å². The number of nitrogens with zero attached hydrogens (tertiary/aromatic N) is 1. The predicted molar refractivity (Wildman–Crippen MR) is 95.9 cm³/mol. The van der Waals surface area contributed by atoms with Gasteiger partial charge in [0.15, 0.2) is 5.13 Å².